The molecule has 0 saturated carbocycles. The molecule has 0 spiro atoms. The summed E-state index contributed by atoms with van der Waals surface area (Å²) in [7, 11) is 1.65. The van der Waals surface area contributed by atoms with E-state index in [2.05, 4.69) is 13.8 Å². The molecule has 1 aromatic rings. The number of nitrogens with zero attached hydrogens (tertiary/aromatic N) is 1. The average molecular weight is 292 g/mol. The Hall–Kier alpha value is -1.55. The van der Waals surface area contributed by atoms with Crippen molar-refractivity contribution in [1.82, 2.24) is 4.90 Å². The molecule has 2 N–H and O–H groups in total. The van der Waals surface area contributed by atoms with Crippen LogP contribution in [0, 0.1) is 0 Å². The van der Waals surface area contributed by atoms with Crippen LogP contribution in [0.3, 0.4) is 0 Å². The van der Waals surface area contributed by atoms with E-state index in [0.29, 0.717) is 25.6 Å². The van der Waals surface area contributed by atoms with Gasteiger partial charge >= 0.3 is 0 Å². The van der Waals surface area contributed by atoms with Crippen LogP contribution < -0.4 is 10.5 Å². The third-order valence-electron chi connectivity index (χ3n) is 3.86. The maximum atomic E-state index is 12.4. The number of carbonyl (C=O) groups excluding carboxylic acids is 1. The van der Waals surface area contributed by atoms with Crippen molar-refractivity contribution in [3.05, 3.63) is 29.8 Å². The summed E-state index contributed by atoms with van der Waals surface area (Å²) in [5.41, 5.74) is 6.80. The van der Waals surface area contributed by atoms with Crippen molar-refractivity contribution in [1.29, 1.82) is 0 Å². The van der Waals surface area contributed by atoms with Gasteiger partial charge in [0.2, 0.25) is 5.91 Å². The van der Waals surface area contributed by atoms with Gasteiger partial charge in [0.15, 0.2) is 0 Å². The van der Waals surface area contributed by atoms with Gasteiger partial charge in [-0.25, -0.2) is 0 Å². The predicted octanol–water partition coefficient (Wildman–Crippen LogP) is 2.60. The van der Waals surface area contributed by atoms with Gasteiger partial charge in [-0.2, -0.15) is 0 Å². The van der Waals surface area contributed by atoms with Gasteiger partial charge in [0, 0.05) is 25.6 Å². The van der Waals surface area contributed by atoms with Gasteiger partial charge < -0.3 is 15.4 Å². The maximum Gasteiger partial charge on any atom is 0.223 e. The molecule has 0 aliphatic carbocycles. The molecule has 4 heteroatoms. The van der Waals surface area contributed by atoms with Crippen LogP contribution in [0.4, 0.5) is 0 Å². The van der Waals surface area contributed by atoms with Crippen LogP contribution in [-0.2, 0) is 11.2 Å². The number of benzene rings is 1. The molecule has 1 rings (SSSR count). The predicted molar refractivity (Wildman–Crippen MR) is 86.5 cm³/mol. The lowest BCUT2D eigenvalue weighted by Crippen LogP contribution is -2.42. The number of hydrogen-bond acceptors (Lipinski definition) is 3. The number of hydrogen-bond donors (Lipinski definition) is 1. The zero-order chi connectivity index (χ0) is 15.7. The smallest absolute Gasteiger partial charge is 0.223 e. The summed E-state index contributed by atoms with van der Waals surface area (Å²) in [6, 6.07) is 8.18. The summed E-state index contributed by atoms with van der Waals surface area (Å²) in [5, 5.41) is 0. The molecule has 0 radical (unpaired) electrons. The summed E-state index contributed by atoms with van der Waals surface area (Å²) >= 11 is 0. The Morgan fingerprint density at radius 3 is 2.33 bits per heavy atom. The Morgan fingerprint density at radius 2 is 1.86 bits per heavy atom. The molecule has 0 aliphatic rings. The molecule has 0 aromatic heterocycles. The van der Waals surface area contributed by atoms with E-state index in [-0.39, 0.29) is 5.91 Å². The van der Waals surface area contributed by atoms with Gasteiger partial charge in [-0.3, -0.25) is 4.79 Å². The summed E-state index contributed by atoms with van der Waals surface area (Å²) in [6.45, 7) is 5.40. The van der Waals surface area contributed by atoms with Crippen LogP contribution in [0.2, 0.25) is 0 Å². The van der Waals surface area contributed by atoms with E-state index in [1.165, 1.54) is 0 Å². The minimum absolute atomic E-state index is 0.199. The Labute approximate surface area is 128 Å². The van der Waals surface area contributed by atoms with Gasteiger partial charge in [-0.1, -0.05) is 26.0 Å². The monoisotopic (exact) mass is 292 g/mol. The van der Waals surface area contributed by atoms with E-state index in [0.717, 1.165) is 30.6 Å². The second kappa shape index (κ2) is 9.40. The summed E-state index contributed by atoms with van der Waals surface area (Å²) in [6.07, 6.45) is 3.24. The van der Waals surface area contributed by atoms with Crippen molar-refractivity contribution >= 4 is 5.91 Å². The average Bonchev–Trinajstić information content (AvgIpc) is 2.53. The quantitative estimate of drug-likeness (QED) is 0.761. The molecule has 0 aliphatic heterocycles. The number of rotatable bonds is 9. The van der Waals surface area contributed by atoms with Gasteiger partial charge in [0.1, 0.15) is 5.75 Å². The fourth-order valence-corrected chi connectivity index (χ4v) is 2.57. The SMILES string of the molecule is CCC(CC)N(CCN)C(=O)CCc1ccc(OC)cc1. The van der Waals surface area contributed by atoms with Crippen molar-refractivity contribution in [3.8, 4) is 5.75 Å². The molecule has 0 heterocycles. The van der Waals surface area contributed by atoms with E-state index in [1.807, 2.05) is 29.2 Å². The highest BCUT2D eigenvalue weighted by Gasteiger charge is 2.19. The first kappa shape index (κ1) is 17.5. The molecule has 4 nitrogen and oxygen atoms in total. The van der Waals surface area contributed by atoms with Crippen LogP contribution >= 0.6 is 0 Å². The van der Waals surface area contributed by atoms with Crippen molar-refractivity contribution in [2.75, 3.05) is 20.2 Å². The van der Waals surface area contributed by atoms with Gasteiger partial charge in [-0.15, -0.1) is 0 Å². The highest BCUT2D eigenvalue weighted by molar-refractivity contribution is 5.76. The molecule has 0 fully saturated rings. The largest absolute Gasteiger partial charge is 0.497 e. The number of methoxy groups -OCH3 is 1. The van der Waals surface area contributed by atoms with E-state index in [1.54, 1.807) is 7.11 Å². The maximum absolute atomic E-state index is 12.4. The van der Waals surface area contributed by atoms with Crippen LogP contribution in [0.1, 0.15) is 38.7 Å². The molecule has 0 saturated heterocycles. The van der Waals surface area contributed by atoms with Crippen LogP contribution in [-0.4, -0.2) is 37.0 Å². The fourth-order valence-electron chi connectivity index (χ4n) is 2.57. The van der Waals surface area contributed by atoms with E-state index in [4.69, 9.17) is 10.5 Å². The Morgan fingerprint density at radius 1 is 1.24 bits per heavy atom. The van der Waals surface area contributed by atoms with Crippen molar-refractivity contribution in [2.45, 2.75) is 45.6 Å². The van der Waals surface area contributed by atoms with Crippen LogP contribution in [0.25, 0.3) is 0 Å². The fraction of sp³-hybridized carbons (Fsp3) is 0.588. The van der Waals surface area contributed by atoms with Gasteiger partial charge in [-0.05, 0) is 37.0 Å². The van der Waals surface area contributed by atoms with Gasteiger partial charge in [0.05, 0.1) is 7.11 Å². The molecule has 1 amide bonds. The summed E-state index contributed by atoms with van der Waals surface area (Å²) in [4.78, 5) is 14.4. The summed E-state index contributed by atoms with van der Waals surface area (Å²) < 4.78 is 5.14. The second-order valence-corrected chi connectivity index (χ2v) is 5.19. The molecule has 1 aromatic carbocycles. The molecular weight excluding hydrogens is 264 g/mol. The first-order valence-electron chi connectivity index (χ1n) is 7.78. The molecule has 21 heavy (non-hydrogen) atoms. The molecule has 0 bridgehead atoms. The van der Waals surface area contributed by atoms with E-state index in [9.17, 15) is 4.79 Å². The highest BCUT2D eigenvalue weighted by Crippen LogP contribution is 2.15. The van der Waals surface area contributed by atoms with Crippen molar-refractivity contribution < 1.29 is 9.53 Å². The third-order valence-corrected chi connectivity index (χ3v) is 3.86. The number of aryl methyl sites for hydroxylation is 1. The lowest BCUT2D eigenvalue weighted by molar-refractivity contribution is -0.133. The van der Waals surface area contributed by atoms with Crippen LogP contribution in [0.15, 0.2) is 24.3 Å². The van der Waals surface area contributed by atoms with Crippen molar-refractivity contribution in [3.63, 3.8) is 0 Å². The Balaban J connectivity index is 2.59. The first-order valence-corrected chi connectivity index (χ1v) is 7.78. The van der Waals surface area contributed by atoms with Crippen LogP contribution in [0.5, 0.6) is 5.75 Å². The van der Waals surface area contributed by atoms with E-state index >= 15 is 0 Å². The zero-order valence-corrected chi connectivity index (χ0v) is 13.5. The lowest BCUT2D eigenvalue weighted by atomic mass is 10.1. The molecular formula is C17H28N2O2. The van der Waals surface area contributed by atoms with E-state index < -0.39 is 0 Å². The lowest BCUT2D eigenvalue weighted by Gasteiger charge is -2.30. The summed E-state index contributed by atoms with van der Waals surface area (Å²) in [5.74, 6) is 1.04. The van der Waals surface area contributed by atoms with Gasteiger partial charge in [0.25, 0.3) is 0 Å². The normalized spacial score (nSPS) is 10.7. The Bertz CT molecular complexity index is 413. The third kappa shape index (κ3) is 5.38. The molecule has 118 valence electrons. The second-order valence-electron chi connectivity index (χ2n) is 5.19. The zero-order valence-electron chi connectivity index (χ0n) is 13.5. The number of nitrogens with two attached hydrogens (primary N) is 1. The molecule has 0 unspecified atom stereocenters. The minimum Gasteiger partial charge on any atom is -0.497 e. The topological polar surface area (TPSA) is 55.6 Å². The highest BCUT2D eigenvalue weighted by atomic mass is 16.5. The minimum atomic E-state index is 0.199. The Kier molecular flexibility index (Phi) is 7.83. The standard InChI is InChI=1S/C17H28N2O2/c1-4-15(5-2)19(13-12-18)17(20)11-8-14-6-9-16(21-3)10-7-14/h6-7,9-10,15H,4-5,8,11-13,18H2,1-3H3. The van der Waals surface area contributed by atoms with Crippen molar-refractivity contribution in [2.24, 2.45) is 5.73 Å². The number of amides is 1. The number of ether oxygens (including phenoxy) is 1. The first-order chi connectivity index (χ1) is 10.2. The molecule has 0 atom stereocenters. The number of carbonyl (C=O) groups is 1.